The van der Waals surface area contributed by atoms with Crippen LogP contribution in [0.1, 0.15) is 37.8 Å². The van der Waals surface area contributed by atoms with E-state index in [9.17, 15) is 4.39 Å². The van der Waals surface area contributed by atoms with Gasteiger partial charge in [-0.15, -0.1) is 0 Å². The van der Waals surface area contributed by atoms with E-state index >= 15 is 0 Å². The molecule has 3 N–H and O–H groups in total. The van der Waals surface area contributed by atoms with E-state index in [2.05, 4.69) is 13.8 Å². The van der Waals surface area contributed by atoms with Gasteiger partial charge in [-0.1, -0.05) is 13.8 Å². The Hall–Kier alpha value is -1.42. The molecule has 0 atom stereocenters. The number of nitrogen functional groups attached to an aromatic ring is 1. The van der Waals surface area contributed by atoms with Crippen molar-refractivity contribution in [2.24, 2.45) is 11.7 Å². The third-order valence-corrected chi connectivity index (χ3v) is 2.61. The fourth-order valence-corrected chi connectivity index (χ4v) is 1.67. The summed E-state index contributed by atoms with van der Waals surface area (Å²) in [5.41, 5.74) is 6.45. The van der Waals surface area contributed by atoms with Gasteiger partial charge in [0.1, 0.15) is 11.7 Å². The van der Waals surface area contributed by atoms with E-state index in [1.807, 2.05) is 0 Å². The van der Waals surface area contributed by atoms with Gasteiger partial charge in [-0.2, -0.15) is 0 Å². The third-order valence-electron chi connectivity index (χ3n) is 2.61. The molecule has 1 aromatic rings. The van der Waals surface area contributed by atoms with Crippen LogP contribution in [-0.4, -0.2) is 12.4 Å². The van der Waals surface area contributed by atoms with Crippen LogP contribution in [0.4, 0.5) is 4.39 Å². The normalized spacial score (nSPS) is 10.9. The first-order chi connectivity index (χ1) is 8.49. The summed E-state index contributed by atoms with van der Waals surface area (Å²) in [6.45, 7) is 5.37. The molecule has 0 spiro atoms. The van der Waals surface area contributed by atoms with Crippen LogP contribution in [0.3, 0.4) is 0 Å². The summed E-state index contributed by atoms with van der Waals surface area (Å²) < 4.78 is 18.7. The molecular weight excluding hydrogens is 231 g/mol. The van der Waals surface area contributed by atoms with Crippen molar-refractivity contribution in [2.45, 2.75) is 33.3 Å². The number of hydrogen-bond acceptors (Lipinski definition) is 2. The van der Waals surface area contributed by atoms with Gasteiger partial charge in [-0.3, -0.25) is 5.41 Å². The highest BCUT2D eigenvalue weighted by Crippen LogP contribution is 2.11. The molecule has 0 bridgehead atoms. The van der Waals surface area contributed by atoms with E-state index in [0.717, 1.165) is 12.8 Å². The first kappa shape index (κ1) is 14.6. The number of amidine groups is 1. The molecule has 1 aromatic carbocycles. The van der Waals surface area contributed by atoms with E-state index in [-0.39, 0.29) is 11.7 Å². The molecule has 0 radical (unpaired) electrons. The molecule has 0 aliphatic carbocycles. The first-order valence-electron chi connectivity index (χ1n) is 6.20. The summed E-state index contributed by atoms with van der Waals surface area (Å²) in [5.74, 6) is 0.158. The zero-order chi connectivity index (χ0) is 13.5. The lowest BCUT2D eigenvalue weighted by molar-refractivity contribution is 0.114. The molecule has 1 rings (SSSR count). The van der Waals surface area contributed by atoms with Gasteiger partial charge in [0.25, 0.3) is 0 Å². The average molecular weight is 252 g/mol. The summed E-state index contributed by atoms with van der Waals surface area (Å²) in [6.07, 6.45) is 2.13. The second-order valence-electron chi connectivity index (χ2n) is 4.85. The number of rotatable bonds is 7. The highest BCUT2D eigenvalue weighted by Gasteiger charge is 2.03. The van der Waals surface area contributed by atoms with Gasteiger partial charge in [0, 0.05) is 12.2 Å². The average Bonchev–Trinajstić information content (AvgIpc) is 2.27. The Morgan fingerprint density at radius 3 is 2.72 bits per heavy atom. The van der Waals surface area contributed by atoms with Crippen molar-refractivity contribution < 1.29 is 9.13 Å². The molecule has 0 heterocycles. The summed E-state index contributed by atoms with van der Waals surface area (Å²) in [4.78, 5) is 0. The van der Waals surface area contributed by atoms with Crippen LogP contribution in [0.2, 0.25) is 0 Å². The minimum Gasteiger partial charge on any atom is -0.384 e. The Kier molecular flexibility index (Phi) is 5.78. The molecule has 0 unspecified atom stereocenters. The molecule has 4 heteroatoms. The van der Waals surface area contributed by atoms with Crippen molar-refractivity contribution in [3.8, 4) is 0 Å². The molecule has 3 nitrogen and oxygen atoms in total. The minimum atomic E-state index is -0.386. The zero-order valence-electron chi connectivity index (χ0n) is 11.0. The summed E-state index contributed by atoms with van der Waals surface area (Å²) >= 11 is 0. The van der Waals surface area contributed by atoms with Crippen molar-refractivity contribution in [1.82, 2.24) is 0 Å². The van der Waals surface area contributed by atoms with E-state index in [1.54, 1.807) is 6.07 Å². The van der Waals surface area contributed by atoms with Crippen LogP contribution in [0, 0.1) is 17.1 Å². The van der Waals surface area contributed by atoms with Gasteiger partial charge in [0.15, 0.2) is 0 Å². The predicted molar refractivity (Wildman–Crippen MR) is 71.1 cm³/mol. The van der Waals surface area contributed by atoms with E-state index in [1.165, 1.54) is 12.1 Å². The molecule has 0 saturated heterocycles. The second-order valence-corrected chi connectivity index (χ2v) is 4.85. The Morgan fingerprint density at radius 2 is 2.11 bits per heavy atom. The minimum absolute atomic E-state index is 0.129. The van der Waals surface area contributed by atoms with Gasteiger partial charge in [0.05, 0.1) is 6.61 Å². The molecule has 100 valence electrons. The van der Waals surface area contributed by atoms with Gasteiger partial charge in [0.2, 0.25) is 0 Å². The van der Waals surface area contributed by atoms with Crippen LogP contribution in [-0.2, 0) is 11.3 Å². The Bertz CT molecular complexity index is 405. The number of nitrogens with one attached hydrogen (secondary N) is 1. The largest absolute Gasteiger partial charge is 0.384 e. The number of benzene rings is 1. The van der Waals surface area contributed by atoms with Gasteiger partial charge in [-0.05, 0) is 42.5 Å². The lowest BCUT2D eigenvalue weighted by Gasteiger charge is -2.08. The van der Waals surface area contributed by atoms with E-state index in [0.29, 0.717) is 30.3 Å². The maximum absolute atomic E-state index is 13.3. The van der Waals surface area contributed by atoms with Crippen molar-refractivity contribution >= 4 is 5.84 Å². The van der Waals surface area contributed by atoms with E-state index < -0.39 is 0 Å². The van der Waals surface area contributed by atoms with Gasteiger partial charge in [-0.25, -0.2) is 4.39 Å². The number of ether oxygens (including phenoxy) is 1. The Morgan fingerprint density at radius 1 is 1.39 bits per heavy atom. The van der Waals surface area contributed by atoms with E-state index in [4.69, 9.17) is 15.9 Å². The first-order valence-corrected chi connectivity index (χ1v) is 6.20. The molecular formula is C14H21FN2O. The Labute approximate surface area is 108 Å². The molecule has 18 heavy (non-hydrogen) atoms. The van der Waals surface area contributed by atoms with Crippen molar-refractivity contribution in [2.75, 3.05) is 6.61 Å². The van der Waals surface area contributed by atoms with Crippen LogP contribution in [0.15, 0.2) is 18.2 Å². The fourth-order valence-electron chi connectivity index (χ4n) is 1.67. The van der Waals surface area contributed by atoms with Gasteiger partial charge >= 0.3 is 0 Å². The molecule has 0 saturated carbocycles. The van der Waals surface area contributed by atoms with Crippen LogP contribution < -0.4 is 5.73 Å². The maximum atomic E-state index is 13.3. The molecule has 0 amide bonds. The second kappa shape index (κ2) is 7.11. The summed E-state index contributed by atoms with van der Waals surface area (Å²) in [6, 6.07) is 4.35. The monoisotopic (exact) mass is 252 g/mol. The Balaban J connectivity index is 2.44. The summed E-state index contributed by atoms with van der Waals surface area (Å²) in [5, 5.41) is 7.29. The molecule has 0 fully saturated rings. The number of nitrogens with two attached hydrogens (primary N) is 1. The molecule has 0 aromatic heterocycles. The standard InChI is InChI=1S/C14H21FN2O/c1-10(2)4-3-5-18-9-11-6-12(14(16)17)8-13(15)7-11/h6-8,10H,3-5,9H2,1-2H3,(H3,16,17). The third kappa shape index (κ3) is 5.27. The quantitative estimate of drug-likeness (QED) is 0.445. The lowest BCUT2D eigenvalue weighted by Crippen LogP contribution is -2.12. The highest BCUT2D eigenvalue weighted by atomic mass is 19.1. The number of halogens is 1. The van der Waals surface area contributed by atoms with Crippen LogP contribution >= 0.6 is 0 Å². The van der Waals surface area contributed by atoms with Crippen molar-refractivity contribution in [3.05, 3.63) is 35.1 Å². The highest BCUT2D eigenvalue weighted by molar-refractivity contribution is 5.95. The maximum Gasteiger partial charge on any atom is 0.124 e. The number of hydrogen-bond donors (Lipinski definition) is 2. The van der Waals surface area contributed by atoms with Crippen molar-refractivity contribution in [1.29, 1.82) is 5.41 Å². The lowest BCUT2D eigenvalue weighted by atomic mass is 10.1. The topological polar surface area (TPSA) is 59.1 Å². The molecule has 0 aliphatic heterocycles. The summed E-state index contributed by atoms with van der Waals surface area (Å²) in [7, 11) is 0. The van der Waals surface area contributed by atoms with Crippen LogP contribution in [0.5, 0.6) is 0 Å². The zero-order valence-corrected chi connectivity index (χ0v) is 11.0. The predicted octanol–water partition coefficient (Wildman–Crippen LogP) is 3.06. The van der Waals surface area contributed by atoms with Crippen LogP contribution in [0.25, 0.3) is 0 Å². The molecule has 0 aliphatic rings. The smallest absolute Gasteiger partial charge is 0.124 e. The van der Waals surface area contributed by atoms with Gasteiger partial charge < -0.3 is 10.5 Å². The fraction of sp³-hybridized carbons (Fsp3) is 0.500. The van der Waals surface area contributed by atoms with Crippen molar-refractivity contribution in [3.63, 3.8) is 0 Å². The SMILES string of the molecule is CC(C)CCCOCc1cc(F)cc(C(=N)N)c1.